The maximum atomic E-state index is 12.8. The number of sulfonamides is 1. The molecule has 0 N–H and O–H groups in total. The molecule has 2 aliphatic heterocycles. The number of urea groups is 1. The fourth-order valence-electron chi connectivity index (χ4n) is 3.59. The molecule has 0 bridgehead atoms. The lowest BCUT2D eigenvalue weighted by molar-refractivity contribution is -0.133. The molecule has 11 nitrogen and oxygen atoms in total. The van der Waals surface area contributed by atoms with E-state index in [1.807, 2.05) is 0 Å². The number of nitrogens with zero attached hydrogens (tertiary/aromatic N) is 5. The van der Waals surface area contributed by atoms with Gasteiger partial charge in [-0.2, -0.15) is 4.31 Å². The Kier molecular flexibility index (Phi) is 5.94. The first-order valence-electron chi connectivity index (χ1n) is 9.39. The highest BCUT2D eigenvalue weighted by Gasteiger charge is 2.35. The summed E-state index contributed by atoms with van der Waals surface area (Å²) >= 11 is 0. The molecule has 0 atom stereocenters. The first-order chi connectivity index (χ1) is 13.6. The molecule has 1 aromatic rings. The number of carbonyl (C=O) groups excluding carboxylic acids is 3. The molecular weight excluding hydrogens is 402 g/mol. The van der Waals surface area contributed by atoms with E-state index in [2.05, 4.69) is 5.16 Å². The van der Waals surface area contributed by atoms with Crippen LogP contribution in [0, 0.1) is 13.8 Å². The number of likely N-dealkylation sites (N-methyl/N-ethyl adjacent to an activating group) is 1. The number of hydrogen-bond donors (Lipinski definition) is 0. The number of imide groups is 1. The Hall–Kier alpha value is -2.47. The fraction of sp³-hybridized carbons (Fsp3) is 0.647. The minimum absolute atomic E-state index is 0.0638. The first kappa shape index (κ1) is 21.2. The molecule has 160 valence electrons. The maximum Gasteiger partial charge on any atom is 0.326 e. The molecule has 3 heterocycles. The SMILES string of the molecule is Cc1noc(C)c1S(=O)(=O)N1CCN(C(=O)CCCN2C(=O)CN(C)C2=O)CC1. The Balaban J connectivity index is 1.50. The van der Waals surface area contributed by atoms with Crippen LogP contribution in [-0.2, 0) is 19.6 Å². The van der Waals surface area contributed by atoms with Gasteiger partial charge >= 0.3 is 6.03 Å². The van der Waals surface area contributed by atoms with Gasteiger partial charge in [-0.05, 0) is 20.3 Å². The van der Waals surface area contributed by atoms with Crippen molar-refractivity contribution in [2.24, 2.45) is 0 Å². The van der Waals surface area contributed by atoms with E-state index in [-0.39, 0.29) is 74.2 Å². The summed E-state index contributed by atoms with van der Waals surface area (Å²) in [6.07, 6.45) is 0.569. The lowest BCUT2D eigenvalue weighted by Crippen LogP contribution is -2.50. The number of hydrogen-bond acceptors (Lipinski definition) is 7. The van der Waals surface area contributed by atoms with Crippen molar-refractivity contribution in [3.05, 3.63) is 11.5 Å². The molecule has 0 saturated carbocycles. The fourth-order valence-corrected chi connectivity index (χ4v) is 5.30. The number of piperazine rings is 1. The summed E-state index contributed by atoms with van der Waals surface area (Å²) in [6.45, 7) is 4.34. The van der Waals surface area contributed by atoms with Gasteiger partial charge in [-0.3, -0.25) is 14.5 Å². The van der Waals surface area contributed by atoms with Crippen molar-refractivity contribution in [3.8, 4) is 0 Å². The highest BCUT2D eigenvalue weighted by atomic mass is 32.2. The molecule has 0 aromatic carbocycles. The zero-order valence-corrected chi connectivity index (χ0v) is 17.6. The van der Waals surface area contributed by atoms with Crippen molar-refractivity contribution in [1.29, 1.82) is 0 Å². The van der Waals surface area contributed by atoms with Crippen LogP contribution in [0.25, 0.3) is 0 Å². The van der Waals surface area contributed by atoms with Gasteiger partial charge in [-0.15, -0.1) is 0 Å². The van der Waals surface area contributed by atoms with E-state index in [9.17, 15) is 22.8 Å². The zero-order chi connectivity index (χ0) is 21.3. The molecule has 0 aliphatic carbocycles. The van der Waals surface area contributed by atoms with Gasteiger partial charge in [0.15, 0.2) is 5.76 Å². The molecule has 0 radical (unpaired) electrons. The van der Waals surface area contributed by atoms with E-state index in [0.717, 1.165) is 4.90 Å². The standard InChI is InChI=1S/C17H25N5O6S/c1-12-16(13(2)28-18-12)29(26,27)21-9-7-20(8-10-21)14(23)5-4-6-22-15(24)11-19(3)17(22)25/h4-11H2,1-3H3. The third-order valence-electron chi connectivity index (χ3n) is 5.16. The van der Waals surface area contributed by atoms with Crippen LogP contribution in [-0.4, -0.2) is 96.7 Å². The molecule has 2 fully saturated rings. The Bertz CT molecular complexity index is 899. The summed E-state index contributed by atoms with van der Waals surface area (Å²) in [5, 5.41) is 3.70. The van der Waals surface area contributed by atoms with Gasteiger partial charge in [0, 0.05) is 46.2 Å². The monoisotopic (exact) mass is 427 g/mol. The Labute approximate surface area is 169 Å². The molecule has 2 saturated heterocycles. The second-order valence-corrected chi connectivity index (χ2v) is 9.10. The normalized spacial score (nSPS) is 18.8. The van der Waals surface area contributed by atoms with Crippen molar-refractivity contribution >= 4 is 27.9 Å². The van der Waals surface area contributed by atoms with Crippen molar-refractivity contribution < 1.29 is 27.3 Å². The van der Waals surface area contributed by atoms with Crippen molar-refractivity contribution in [2.75, 3.05) is 46.3 Å². The Morgan fingerprint density at radius 3 is 2.31 bits per heavy atom. The van der Waals surface area contributed by atoms with Gasteiger partial charge in [0.1, 0.15) is 17.1 Å². The average Bonchev–Trinajstić information content (AvgIpc) is 3.14. The summed E-state index contributed by atoms with van der Waals surface area (Å²) < 4.78 is 31.9. The van der Waals surface area contributed by atoms with E-state index in [1.165, 1.54) is 9.21 Å². The third kappa shape index (κ3) is 4.13. The molecule has 4 amide bonds. The number of amides is 4. The summed E-state index contributed by atoms with van der Waals surface area (Å²) in [6, 6.07) is -0.347. The van der Waals surface area contributed by atoms with Crippen LogP contribution in [0.15, 0.2) is 9.42 Å². The second kappa shape index (κ2) is 8.11. The van der Waals surface area contributed by atoms with Gasteiger partial charge in [0.05, 0.1) is 0 Å². The van der Waals surface area contributed by atoms with Crippen LogP contribution in [0.2, 0.25) is 0 Å². The Morgan fingerprint density at radius 1 is 1.14 bits per heavy atom. The number of aryl methyl sites for hydroxylation is 2. The molecule has 12 heteroatoms. The van der Waals surface area contributed by atoms with E-state index < -0.39 is 10.0 Å². The van der Waals surface area contributed by atoms with E-state index in [4.69, 9.17) is 4.52 Å². The zero-order valence-electron chi connectivity index (χ0n) is 16.8. The van der Waals surface area contributed by atoms with Crippen LogP contribution >= 0.6 is 0 Å². The molecule has 29 heavy (non-hydrogen) atoms. The summed E-state index contributed by atoms with van der Waals surface area (Å²) in [4.78, 5) is 40.2. The molecule has 0 spiro atoms. The van der Waals surface area contributed by atoms with Gasteiger partial charge < -0.3 is 14.3 Å². The minimum Gasteiger partial charge on any atom is -0.360 e. The van der Waals surface area contributed by atoms with E-state index in [0.29, 0.717) is 12.1 Å². The van der Waals surface area contributed by atoms with Crippen LogP contribution in [0.3, 0.4) is 0 Å². The molecule has 3 rings (SSSR count). The van der Waals surface area contributed by atoms with Crippen LogP contribution in [0.1, 0.15) is 24.3 Å². The second-order valence-electron chi connectivity index (χ2n) is 7.23. The largest absolute Gasteiger partial charge is 0.360 e. The lowest BCUT2D eigenvalue weighted by atomic mass is 10.2. The van der Waals surface area contributed by atoms with Crippen LogP contribution in [0.5, 0.6) is 0 Å². The van der Waals surface area contributed by atoms with Gasteiger partial charge in [0.2, 0.25) is 21.8 Å². The summed E-state index contributed by atoms with van der Waals surface area (Å²) in [7, 11) is -2.16. The van der Waals surface area contributed by atoms with Gasteiger partial charge in [-0.1, -0.05) is 5.16 Å². The highest BCUT2D eigenvalue weighted by molar-refractivity contribution is 7.89. The smallest absolute Gasteiger partial charge is 0.326 e. The first-order valence-corrected chi connectivity index (χ1v) is 10.8. The van der Waals surface area contributed by atoms with Gasteiger partial charge in [-0.25, -0.2) is 13.2 Å². The van der Waals surface area contributed by atoms with E-state index >= 15 is 0 Å². The minimum atomic E-state index is -3.72. The highest BCUT2D eigenvalue weighted by Crippen LogP contribution is 2.24. The molecular formula is C17H25N5O6S. The van der Waals surface area contributed by atoms with E-state index in [1.54, 1.807) is 25.8 Å². The van der Waals surface area contributed by atoms with Crippen LogP contribution in [0.4, 0.5) is 4.79 Å². The predicted molar refractivity (Wildman–Crippen MR) is 100 cm³/mol. The quantitative estimate of drug-likeness (QED) is 0.576. The summed E-state index contributed by atoms with van der Waals surface area (Å²) in [5.41, 5.74) is 0.317. The van der Waals surface area contributed by atoms with Crippen molar-refractivity contribution in [3.63, 3.8) is 0 Å². The average molecular weight is 427 g/mol. The molecule has 2 aliphatic rings. The van der Waals surface area contributed by atoms with Crippen molar-refractivity contribution in [2.45, 2.75) is 31.6 Å². The van der Waals surface area contributed by atoms with Crippen LogP contribution < -0.4 is 0 Å². The summed E-state index contributed by atoms with van der Waals surface area (Å²) in [5.74, 6) is -0.132. The number of aromatic nitrogens is 1. The topological polar surface area (TPSA) is 124 Å². The van der Waals surface area contributed by atoms with Gasteiger partial charge in [0.25, 0.3) is 0 Å². The molecule has 1 aromatic heterocycles. The van der Waals surface area contributed by atoms with Crippen molar-refractivity contribution in [1.82, 2.24) is 24.2 Å². The predicted octanol–water partition coefficient (Wildman–Crippen LogP) is -0.201. The number of carbonyl (C=O) groups is 3. The third-order valence-corrected chi connectivity index (χ3v) is 7.30. The lowest BCUT2D eigenvalue weighted by Gasteiger charge is -2.34. The number of rotatable bonds is 6. The Morgan fingerprint density at radius 2 is 1.79 bits per heavy atom. The molecule has 0 unspecified atom stereocenters. The maximum absolute atomic E-state index is 12.8.